The van der Waals surface area contributed by atoms with E-state index in [9.17, 15) is 13.2 Å². The van der Waals surface area contributed by atoms with E-state index in [4.69, 9.17) is 5.26 Å². The number of amides is 1. The third kappa shape index (κ3) is 4.09. The molecule has 3 rings (SSSR count). The normalized spacial score (nSPS) is 19.2. The molecule has 1 atom stereocenters. The minimum Gasteiger partial charge on any atom is -0.349 e. The van der Waals surface area contributed by atoms with Crippen molar-refractivity contribution < 1.29 is 13.2 Å². The lowest BCUT2D eigenvalue weighted by molar-refractivity contribution is -0.116. The molecule has 1 aliphatic rings. The Balaban J connectivity index is 1.75. The van der Waals surface area contributed by atoms with Gasteiger partial charge >= 0.3 is 0 Å². The highest BCUT2D eigenvalue weighted by molar-refractivity contribution is 7.91. The van der Waals surface area contributed by atoms with Gasteiger partial charge in [-0.1, -0.05) is 18.2 Å². The lowest BCUT2D eigenvalue weighted by Crippen LogP contribution is -2.34. The molecule has 0 spiro atoms. The Kier molecular flexibility index (Phi) is 4.91. The van der Waals surface area contributed by atoms with Gasteiger partial charge in [-0.3, -0.25) is 4.79 Å². The van der Waals surface area contributed by atoms with Crippen LogP contribution in [0.15, 0.2) is 36.5 Å². The van der Waals surface area contributed by atoms with Gasteiger partial charge in [0.05, 0.1) is 24.0 Å². The van der Waals surface area contributed by atoms with E-state index in [2.05, 4.69) is 11.4 Å². The number of rotatable bonds is 5. The number of sulfone groups is 1. The molecule has 1 aromatic heterocycles. The summed E-state index contributed by atoms with van der Waals surface area (Å²) >= 11 is 0. The number of fused-ring (bicyclic) bond motifs is 1. The monoisotopic (exact) mass is 357 g/mol. The third-order valence-corrected chi connectivity index (χ3v) is 6.04. The summed E-state index contributed by atoms with van der Waals surface area (Å²) in [4.78, 5) is 12.1. The molecular weight excluding hydrogens is 338 g/mol. The smallest absolute Gasteiger partial charge is 0.244 e. The Morgan fingerprint density at radius 1 is 1.40 bits per heavy atom. The predicted molar refractivity (Wildman–Crippen MR) is 96.4 cm³/mol. The first kappa shape index (κ1) is 17.2. The summed E-state index contributed by atoms with van der Waals surface area (Å²) in [7, 11) is -3.01. The zero-order valence-electron chi connectivity index (χ0n) is 13.7. The van der Waals surface area contributed by atoms with Crippen LogP contribution < -0.4 is 5.32 Å². The third-order valence-electron chi connectivity index (χ3n) is 4.28. The maximum atomic E-state index is 12.1. The van der Waals surface area contributed by atoms with E-state index >= 15 is 0 Å². The van der Waals surface area contributed by atoms with Crippen LogP contribution in [0.4, 0.5) is 0 Å². The molecule has 1 N–H and O–H groups in total. The number of hydrogen-bond acceptors (Lipinski definition) is 4. The van der Waals surface area contributed by atoms with Gasteiger partial charge in [-0.2, -0.15) is 5.26 Å². The van der Waals surface area contributed by atoms with Crippen molar-refractivity contribution in [1.29, 1.82) is 5.26 Å². The molecule has 2 aromatic rings. The number of carbonyl (C=O) groups is 1. The summed E-state index contributed by atoms with van der Waals surface area (Å²) in [6.45, 7) is 0.594. The van der Waals surface area contributed by atoms with Gasteiger partial charge in [0, 0.05) is 41.3 Å². The molecule has 0 radical (unpaired) electrons. The maximum absolute atomic E-state index is 12.1. The van der Waals surface area contributed by atoms with Gasteiger partial charge in [-0.05, 0) is 18.6 Å². The minimum atomic E-state index is -3.01. The van der Waals surface area contributed by atoms with E-state index in [1.807, 2.05) is 35.0 Å². The number of nitrogens with zero attached hydrogens (tertiary/aromatic N) is 2. The maximum Gasteiger partial charge on any atom is 0.244 e. The van der Waals surface area contributed by atoms with Crippen molar-refractivity contribution in [3.05, 3.63) is 42.1 Å². The average molecular weight is 357 g/mol. The second-order valence-electron chi connectivity index (χ2n) is 6.14. The van der Waals surface area contributed by atoms with E-state index in [1.165, 1.54) is 6.08 Å². The highest BCUT2D eigenvalue weighted by Gasteiger charge is 2.28. The highest BCUT2D eigenvalue weighted by atomic mass is 32.2. The fourth-order valence-corrected chi connectivity index (χ4v) is 4.76. The van der Waals surface area contributed by atoms with Crippen molar-refractivity contribution in [3.8, 4) is 6.07 Å². The summed E-state index contributed by atoms with van der Waals surface area (Å²) in [6.07, 6.45) is 5.96. The number of para-hydroxylation sites is 1. The molecule has 1 aliphatic heterocycles. The number of carbonyl (C=O) groups excluding carboxylic acids is 1. The van der Waals surface area contributed by atoms with Gasteiger partial charge in [0.15, 0.2) is 9.84 Å². The molecule has 1 fully saturated rings. The van der Waals surface area contributed by atoms with Crippen LogP contribution in [0.1, 0.15) is 18.4 Å². The van der Waals surface area contributed by atoms with Gasteiger partial charge in [-0.25, -0.2) is 8.42 Å². The van der Waals surface area contributed by atoms with E-state index in [0.717, 1.165) is 16.5 Å². The summed E-state index contributed by atoms with van der Waals surface area (Å²) in [5.41, 5.74) is 1.91. The van der Waals surface area contributed by atoms with Gasteiger partial charge in [0.2, 0.25) is 5.91 Å². The zero-order chi connectivity index (χ0) is 17.9. The summed E-state index contributed by atoms with van der Waals surface area (Å²) in [5.74, 6) is -0.148. The summed E-state index contributed by atoms with van der Waals surface area (Å²) in [6, 6.07) is 9.64. The first-order valence-corrected chi connectivity index (χ1v) is 9.94. The first-order valence-electron chi connectivity index (χ1n) is 8.12. The molecule has 7 heteroatoms. The van der Waals surface area contributed by atoms with E-state index < -0.39 is 9.84 Å². The number of aromatic nitrogens is 1. The first-order chi connectivity index (χ1) is 12.0. The molecule has 130 valence electrons. The molecule has 0 saturated carbocycles. The van der Waals surface area contributed by atoms with Crippen molar-refractivity contribution in [2.24, 2.45) is 0 Å². The molecule has 1 aromatic carbocycles. The van der Waals surface area contributed by atoms with E-state index in [1.54, 1.807) is 6.08 Å². The second-order valence-corrected chi connectivity index (χ2v) is 8.37. The SMILES string of the molecule is N#CCCn1cc(C=CC(=O)NC2CCS(=O)(=O)C2)c2ccccc21. The molecule has 1 unspecified atom stereocenters. The van der Waals surface area contributed by atoms with Crippen LogP contribution in [0.5, 0.6) is 0 Å². The lowest BCUT2D eigenvalue weighted by atomic mass is 10.1. The average Bonchev–Trinajstić information content (AvgIpc) is 3.11. The van der Waals surface area contributed by atoms with Crippen molar-refractivity contribution in [3.63, 3.8) is 0 Å². The number of aryl methyl sites for hydroxylation is 1. The number of benzene rings is 1. The molecule has 2 heterocycles. The molecule has 0 aliphatic carbocycles. The fourth-order valence-electron chi connectivity index (χ4n) is 3.09. The van der Waals surface area contributed by atoms with Crippen molar-refractivity contribution in [2.45, 2.75) is 25.4 Å². The summed E-state index contributed by atoms with van der Waals surface area (Å²) < 4.78 is 24.9. The van der Waals surface area contributed by atoms with Gasteiger partial charge in [-0.15, -0.1) is 0 Å². The zero-order valence-corrected chi connectivity index (χ0v) is 14.5. The molecule has 25 heavy (non-hydrogen) atoms. The van der Waals surface area contributed by atoms with Gasteiger partial charge in [0.1, 0.15) is 0 Å². The lowest BCUT2D eigenvalue weighted by Gasteiger charge is -2.07. The van der Waals surface area contributed by atoms with Crippen LogP contribution in [-0.2, 0) is 21.2 Å². The standard InChI is InChI=1S/C18H19N3O3S/c19-9-3-10-21-12-14(16-4-1-2-5-17(16)21)6-7-18(22)20-15-8-11-25(23,24)13-15/h1-2,4-7,12,15H,3,8,10-11,13H2,(H,20,22). The second kappa shape index (κ2) is 7.11. The number of nitriles is 1. The van der Waals surface area contributed by atoms with Gasteiger partial charge in [0.25, 0.3) is 0 Å². The quantitative estimate of drug-likeness (QED) is 0.827. The summed E-state index contributed by atoms with van der Waals surface area (Å²) in [5, 5.41) is 12.5. The topological polar surface area (TPSA) is 92.0 Å². The van der Waals surface area contributed by atoms with Crippen LogP contribution >= 0.6 is 0 Å². The Hall–Kier alpha value is -2.59. The van der Waals surface area contributed by atoms with Crippen LogP contribution in [0.2, 0.25) is 0 Å². The highest BCUT2D eigenvalue weighted by Crippen LogP contribution is 2.22. The number of nitrogens with one attached hydrogen (secondary N) is 1. The van der Waals surface area contributed by atoms with Crippen LogP contribution in [0.3, 0.4) is 0 Å². The predicted octanol–water partition coefficient (Wildman–Crippen LogP) is 1.87. The number of hydrogen-bond donors (Lipinski definition) is 1. The van der Waals surface area contributed by atoms with E-state index in [-0.39, 0.29) is 23.5 Å². The van der Waals surface area contributed by atoms with Crippen molar-refractivity contribution in [1.82, 2.24) is 9.88 Å². The molecule has 6 nitrogen and oxygen atoms in total. The minimum absolute atomic E-state index is 0.0139. The molecule has 0 bridgehead atoms. The fraction of sp³-hybridized carbons (Fsp3) is 0.333. The Morgan fingerprint density at radius 3 is 2.92 bits per heavy atom. The Morgan fingerprint density at radius 2 is 2.20 bits per heavy atom. The van der Waals surface area contributed by atoms with Crippen LogP contribution in [0, 0.1) is 11.3 Å². The molecular formula is C18H19N3O3S. The van der Waals surface area contributed by atoms with Crippen molar-refractivity contribution >= 4 is 32.7 Å². The Labute approximate surface area is 146 Å². The molecule has 1 amide bonds. The van der Waals surface area contributed by atoms with Gasteiger partial charge < -0.3 is 9.88 Å². The Bertz CT molecular complexity index is 967. The van der Waals surface area contributed by atoms with E-state index in [0.29, 0.717) is 19.4 Å². The largest absolute Gasteiger partial charge is 0.349 e. The van der Waals surface area contributed by atoms with Crippen LogP contribution in [-0.4, -0.2) is 36.4 Å². The molecule has 1 saturated heterocycles. The van der Waals surface area contributed by atoms with Crippen LogP contribution in [0.25, 0.3) is 17.0 Å². The van der Waals surface area contributed by atoms with Crippen molar-refractivity contribution in [2.75, 3.05) is 11.5 Å².